The zero-order valence-corrected chi connectivity index (χ0v) is 27.1. The molecule has 0 saturated carbocycles. The average molecular weight is 636 g/mol. The molecule has 0 amide bonds. The molecule has 0 bridgehead atoms. The lowest BCUT2D eigenvalue weighted by molar-refractivity contribution is 0.794. The highest BCUT2D eigenvalue weighted by molar-refractivity contribution is 6.20. The molecule has 0 unspecified atom stereocenters. The van der Waals surface area contributed by atoms with Gasteiger partial charge in [0.2, 0.25) is 0 Å². The Morgan fingerprint density at radius 1 is 0.540 bits per heavy atom. The Balaban J connectivity index is 1.17. The Labute approximate surface area is 288 Å². The molecule has 1 spiro atoms. The van der Waals surface area contributed by atoms with Gasteiger partial charge >= 0.3 is 0 Å². The SMILES string of the molecule is C1=Cc2ccc3c(c2NC1)c1cc(-c2ccc4c(c2)C2(c5ccccc5-c5ccccc52)c2ccccc2-4)ccc1n1c2ccccc2nc31. The van der Waals surface area contributed by atoms with Gasteiger partial charge in [0, 0.05) is 22.7 Å². The van der Waals surface area contributed by atoms with Crippen molar-refractivity contribution in [3.8, 4) is 33.4 Å². The molecule has 9 aromatic rings. The number of benzene rings is 7. The fraction of sp³-hybridized carbons (Fsp3) is 0.0426. The van der Waals surface area contributed by atoms with Crippen LogP contribution in [0.25, 0.3) is 77.8 Å². The number of hydrogen-bond donors (Lipinski definition) is 1. The first-order valence-corrected chi connectivity index (χ1v) is 17.4. The van der Waals surface area contributed by atoms with E-state index in [1.807, 2.05) is 0 Å². The van der Waals surface area contributed by atoms with Crippen LogP contribution in [0.3, 0.4) is 0 Å². The zero-order chi connectivity index (χ0) is 32.6. The summed E-state index contributed by atoms with van der Waals surface area (Å²) in [6, 6.07) is 54.3. The van der Waals surface area contributed by atoms with Crippen LogP contribution in [-0.2, 0) is 5.41 Å². The minimum atomic E-state index is -0.365. The van der Waals surface area contributed by atoms with Crippen LogP contribution in [0.4, 0.5) is 5.69 Å². The molecule has 0 radical (unpaired) electrons. The maximum atomic E-state index is 5.18. The summed E-state index contributed by atoms with van der Waals surface area (Å²) in [5.74, 6) is 0. The standard InChI is InChI=1S/C47H29N3/c1-4-14-37-31(11-1)32-12-2-5-15-38(32)47(37)39-16-6-3-13-33(39)34-22-20-30(27-40(34)47)29-21-24-42-36(26-29)44-35(23-19-28-10-9-25-48-45(28)44)46-49-41-17-7-8-18-43(41)50(42)46/h1-24,26-27,48H,25H2. The van der Waals surface area contributed by atoms with Gasteiger partial charge in [-0.3, -0.25) is 4.40 Å². The zero-order valence-electron chi connectivity index (χ0n) is 27.1. The molecule has 232 valence electrons. The lowest BCUT2D eigenvalue weighted by Crippen LogP contribution is -2.25. The number of anilines is 1. The van der Waals surface area contributed by atoms with Crippen molar-refractivity contribution in [2.24, 2.45) is 0 Å². The van der Waals surface area contributed by atoms with Gasteiger partial charge in [-0.15, -0.1) is 0 Å². The van der Waals surface area contributed by atoms with Gasteiger partial charge in [0.05, 0.1) is 27.7 Å². The van der Waals surface area contributed by atoms with Gasteiger partial charge < -0.3 is 5.32 Å². The molecule has 0 saturated heterocycles. The molecular formula is C47H29N3. The topological polar surface area (TPSA) is 29.3 Å². The second-order valence-corrected chi connectivity index (χ2v) is 13.9. The van der Waals surface area contributed by atoms with E-state index in [-0.39, 0.29) is 5.41 Å². The van der Waals surface area contributed by atoms with E-state index in [9.17, 15) is 0 Å². The predicted octanol–water partition coefficient (Wildman–Crippen LogP) is 11.2. The second-order valence-electron chi connectivity index (χ2n) is 13.9. The quantitative estimate of drug-likeness (QED) is 0.182. The summed E-state index contributed by atoms with van der Waals surface area (Å²) in [6.07, 6.45) is 4.43. The van der Waals surface area contributed by atoms with Crippen LogP contribution in [-0.4, -0.2) is 15.9 Å². The van der Waals surface area contributed by atoms with Gasteiger partial charge in [-0.2, -0.15) is 0 Å². The van der Waals surface area contributed by atoms with Crippen molar-refractivity contribution in [1.29, 1.82) is 0 Å². The van der Waals surface area contributed by atoms with Crippen molar-refractivity contribution < 1.29 is 0 Å². The highest BCUT2D eigenvalue weighted by Crippen LogP contribution is 2.63. The largest absolute Gasteiger partial charge is 0.381 e. The average Bonchev–Trinajstić information content (AvgIpc) is 3.82. The number of aromatic nitrogens is 2. The number of nitrogens with one attached hydrogen (secondary N) is 1. The fourth-order valence-corrected chi connectivity index (χ4v) is 9.60. The maximum absolute atomic E-state index is 5.18. The number of fused-ring (bicyclic) bond motifs is 20. The number of rotatable bonds is 1. The van der Waals surface area contributed by atoms with Gasteiger partial charge in [-0.05, 0) is 97.6 Å². The molecule has 3 heterocycles. The van der Waals surface area contributed by atoms with Crippen LogP contribution in [0.5, 0.6) is 0 Å². The number of hydrogen-bond acceptors (Lipinski definition) is 2. The number of para-hydroxylation sites is 2. The van der Waals surface area contributed by atoms with E-state index in [2.05, 4.69) is 167 Å². The third-order valence-electron chi connectivity index (χ3n) is 11.6. The first kappa shape index (κ1) is 26.5. The highest BCUT2D eigenvalue weighted by atomic mass is 15.0. The molecule has 7 aromatic carbocycles. The van der Waals surface area contributed by atoms with Crippen molar-refractivity contribution >= 4 is 50.1 Å². The van der Waals surface area contributed by atoms with E-state index in [0.717, 1.165) is 28.6 Å². The number of nitrogens with zero attached hydrogens (tertiary/aromatic N) is 2. The summed E-state index contributed by atoms with van der Waals surface area (Å²) < 4.78 is 2.35. The maximum Gasteiger partial charge on any atom is 0.146 e. The van der Waals surface area contributed by atoms with Crippen molar-refractivity contribution in [1.82, 2.24) is 9.38 Å². The van der Waals surface area contributed by atoms with Crippen LogP contribution in [0.1, 0.15) is 27.8 Å². The monoisotopic (exact) mass is 635 g/mol. The molecule has 12 rings (SSSR count). The van der Waals surface area contributed by atoms with E-state index >= 15 is 0 Å². The summed E-state index contributed by atoms with van der Waals surface area (Å²) in [5.41, 5.74) is 19.5. The van der Waals surface area contributed by atoms with Crippen molar-refractivity contribution in [2.45, 2.75) is 5.41 Å². The van der Waals surface area contributed by atoms with Crippen molar-refractivity contribution in [3.63, 3.8) is 0 Å². The molecular weight excluding hydrogens is 607 g/mol. The van der Waals surface area contributed by atoms with Crippen LogP contribution in [0.15, 0.2) is 152 Å². The lowest BCUT2D eigenvalue weighted by Gasteiger charge is -2.30. The molecule has 3 aliphatic rings. The van der Waals surface area contributed by atoms with Gasteiger partial charge in [0.1, 0.15) is 5.65 Å². The second kappa shape index (κ2) is 9.37. The first-order valence-electron chi connectivity index (χ1n) is 17.4. The van der Waals surface area contributed by atoms with Gasteiger partial charge in [-0.25, -0.2) is 4.98 Å². The Morgan fingerprint density at radius 2 is 1.18 bits per heavy atom. The number of imidazole rings is 1. The van der Waals surface area contributed by atoms with E-state index < -0.39 is 0 Å². The Morgan fingerprint density at radius 3 is 1.94 bits per heavy atom. The molecule has 0 fully saturated rings. The van der Waals surface area contributed by atoms with Crippen molar-refractivity contribution in [2.75, 3.05) is 11.9 Å². The normalized spacial score (nSPS) is 14.6. The summed E-state index contributed by atoms with van der Waals surface area (Å²) >= 11 is 0. The summed E-state index contributed by atoms with van der Waals surface area (Å²) in [4.78, 5) is 5.18. The molecule has 1 aliphatic heterocycles. The Hall–Kier alpha value is -6.45. The van der Waals surface area contributed by atoms with Crippen LogP contribution in [0, 0.1) is 0 Å². The molecule has 1 N–H and O–H groups in total. The Kier molecular flexibility index (Phi) is 4.96. The van der Waals surface area contributed by atoms with Gasteiger partial charge in [0.15, 0.2) is 0 Å². The Bertz CT molecular complexity index is 2930. The minimum absolute atomic E-state index is 0.365. The molecule has 2 aromatic heterocycles. The smallest absolute Gasteiger partial charge is 0.146 e. The lowest BCUT2D eigenvalue weighted by atomic mass is 9.70. The summed E-state index contributed by atoms with van der Waals surface area (Å²) in [6.45, 7) is 0.811. The summed E-state index contributed by atoms with van der Waals surface area (Å²) in [7, 11) is 0. The molecule has 2 aliphatic carbocycles. The van der Waals surface area contributed by atoms with Crippen LogP contribution < -0.4 is 5.32 Å². The third kappa shape index (κ3) is 3.14. The van der Waals surface area contributed by atoms with Gasteiger partial charge in [0.25, 0.3) is 0 Å². The van der Waals surface area contributed by atoms with E-state index in [1.165, 1.54) is 83.2 Å². The summed E-state index contributed by atoms with van der Waals surface area (Å²) in [5, 5.41) is 7.35. The minimum Gasteiger partial charge on any atom is -0.381 e. The molecule has 50 heavy (non-hydrogen) atoms. The van der Waals surface area contributed by atoms with E-state index in [0.29, 0.717) is 0 Å². The van der Waals surface area contributed by atoms with Crippen LogP contribution in [0.2, 0.25) is 0 Å². The fourth-order valence-electron chi connectivity index (χ4n) is 9.60. The van der Waals surface area contributed by atoms with E-state index in [4.69, 9.17) is 4.98 Å². The molecule has 3 nitrogen and oxygen atoms in total. The van der Waals surface area contributed by atoms with E-state index in [1.54, 1.807) is 0 Å². The predicted molar refractivity (Wildman–Crippen MR) is 207 cm³/mol. The molecule has 0 atom stereocenters. The molecule has 3 heteroatoms. The third-order valence-corrected chi connectivity index (χ3v) is 11.6. The van der Waals surface area contributed by atoms with Gasteiger partial charge in [-0.1, -0.05) is 121 Å². The number of pyridine rings is 1. The first-order chi connectivity index (χ1) is 24.8. The highest BCUT2D eigenvalue weighted by Gasteiger charge is 2.51. The van der Waals surface area contributed by atoms with Crippen molar-refractivity contribution in [3.05, 3.63) is 179 Å². The van der Waals surface area contributed by atoms with Crippen LogP contribution >= 0.6 is 0 Å².